The van der Waals surface area contributed by atoms with Gasteiger partial charge < -0.3 is 29.3 Å². The van der Waals surface area contributed by atoms with Crippen LogP contribution >= 0.6 is 0 Å². The van der Waals surface area contributed by atoms with Gasteiger partial charge in [-0.3, -0.25) is 9.88 Å². The molecule has 4 aliphatic rings. The molecule has 4 aliphatic heterocycles. The second-order valence-electron chi connectivity index (χ2n) is 12.4. The third-order valence-electron chi connectivity index (χ3n) is 8.41. The number of carbonyl (C=O) groups excluding carboxylic acids is 1. The normalized spacial score (nSPS) is 22.4. The summed E-state index contributed by atoms with van der Waals surface area (Å²) in [6, 6.07) is 4.66. The minimum absolute atomic E-state index is 0.160. The molecule has 0 bridgehead atoms. The van der Waals surface area contributed by atoms with Crippen LogP contribution in [0.25, 0.3) is 0 Å². The number of morpholine rings is 1. The van der Waals surface area contributed by atoms with Crippen LogP contribution in [-0.2, 0) is 9.47 Å². The molecule has 1 amide bonds. The average molecular weight is 551 g/mol. The SMILES string of the molecule is Cc1nc(C2CCN(C3CN(C(=O)OC(C)(C)C)C3)CC2)cc2c1O[C@@H](C)c1c(N3CCOCC3)ccnc1N2. The topological polar surface area (TPSA) is 92.3 Å². The van der Waals surface area contributed by atoms with Gasteiger partial charge in [0.15, 0.2) is 5.75 Å². The number of anilines is 3. The summed E-state index contributed by atoms with van der Waals surface area (Å²) in [5.74, 6) is 2.04. The Balaban J connectivity index is 1.13. The van der Waals surface area contributed by atoms with Crippen molar-refractivity contribution < 1.29 is 19.0 Å². The first kappa shape index (κ1) is 27.1. The molecule has 40 heavy (non-hydrogen) atoms. The quantitative estimate of drug-likeness (QED) is 0.588. The number of rotatable bonds is 3. The summed E-state index contributed by atoms with van der Waals surface area (Å²) in [5.41, 5.74) is 4.73. The van der Waals surface area contributed by atoms with Gasteiger partial charge in [0.25, 0.3) is 0 Å². The Morgan fingerprint density at radius 3 is 2.55 bits per heavy atom. The van der Waals surface area contributed by atoms with Crippen LogP contribution in [0, 0.1) is 6.92 Å². The Morgan fingerprint density at radius 1 is 1.12 bits per heavy atom. The number of carbonyl (C=O) groups is 1. The molecule has 10 nitrogen and oxygen atoms in total. The fraction of sp³-hybridized carbons (Fsp3) is 0.633. The van der Waals surface area contributed by atoms with Gasteiger partial charge >= 0.3 is 6.09 Å². The number of amides is 1. The highest BCUT2D eigenvalue weighted by Crippen LogP contribution is 2.44. The summed E-state index contributed by atoms with van der Waals surface area (Å²) in [6.07, 6.45) is 3.60. The van der Waals surface area contributed by atoms with Gasteiger partial charge in [-0.05, 0) is 72.7 Å². The van der Waals surface area contributed by atoms with Gasteiger partial charge in [0.05, 0.1) is 30.2 Å². The Kier molecular flexibility index (Phi) is 7.25. The number of nitrogens with zero attached hydrogens (tertiary/aromatic N) is 5. The average Bonchev–Trinajstić information content (AvgIpc) is 3.04. The van der Waals surface area contributed by atoms with E-state index in [1.54, 1.807) is 0 Å². The first-order chi connectivity index (χ1) is 19.2. The molecule has 216 valence electrons. The highest BCUT2D eigenvalue weighted by Gasteiger charge is 2.39. The Morgan fingerprint density at radius 2 is 1.85 bits per heavy atom. The molecule has 3 fully saturated rings. The van der Waals surface area contributed by atoms with Crippen LogP contribution in [0.1, 0.15) is 69.5 Å². The standard InChI is InChI=1S/C30H42N6O4/c1-19-27-24(33-28-26(20(2)39-27)25(6-9-31-28)35-12-14-38-15-13-35)16-23(32-19)21-7-10-34(11-8-21)22-17-36(18-22)29(37)40-30(3,4)5/h6,9,16,20-22H,7-8,10-15,17-18H2,1-5H3,(H,31,33)/t20-/m0/s1. The predicted octanol–water partition coefficient (Wildman–Crippen LogP) is 4.62. The lowest BCUT2D eigenvalue weighted by molar-refractivity contribution is -0.0197. The van der Waals surface area contributed by atoms with Crippen LogP contribution in [0.4, 0.5) is 22.0 Å². The van der Waals surface area contributed by atoms with Gasteiger partial charge in [-0.15, -0.1) is 0 Å². The molecular weight excluding hydrogens is 508 g/mol. The van der Waals surface area contributed by atoms with E-state index in [-0.39, 0.29) is 12.2 Å². The molecule has 6 heterocycles. The van der Waals surface area contributed by atoms with Gasteiger partial charge in [0.1, 0.15) is 17.5 Å². The maximum Gasteiger partial charge on any atom is 0.410 e. The molecular formula is C30H42N6O4. The number of aromatic nitrogens is 2. The third kappa shape index (κ3) is 5.43. The number of likely N-dealkylation sites (tertiary alicyclic amines) is 2. The van der Waals surface area contributed by atoms with Gasteiger partial charge in [-0.2, -0.15) is 0 Å². The number of nitrogens with one attached hydrogen (secondary N) is 1. The molecule has 3 saturated heterocycles. The number of pyridine rings is 2. The van der Waals surface area contributed by atoms with Crippen LogP contribution < -0.4 is 15.0 Å². The fourth-order valence-corrected chi connectivity index (χ4v) is 6.26. The van der Waals surface area contributed by atoms with Crippen molar-refractivity contribution in [3.05, 3.63) is 35.3 Å². The number of hydrogen-bond acceptors (Lipinski definition) is 9. The van der Waals surface area contributed by atoms with E-state index < -0.39 is 5.60 Å². The zero-order chi connectivity index (χ0) is 28.0. The van der Waals surface area contributed by atoms with E-state index >= 15 is 0 Å². The van der Waals surface area contributed by atoms with E-state index in [2.05, 4.69) is 34.2 Å². The highest BCUT2D eigenvalue weighted by molar-refractivity contribution is 5.74. The molecule has 1 atom stereocenters. The molecule has 6 rings (SSSR count). The van der Waals surface area contributed by atoms with E-state index in [0.717, 1.165) is 105 Å². The predicted molar refractivity (Wildman–Crippen MR) is 154 cm³/mol. The Labute approximate surface area is 237 Å². The second-order valence-corrected chi connectivity index (χ2v) is 12.4. The van der Waals surface area contributed by atoms with Crippen molar-refractivity contribution in [2.45, 2.75) is 71.1 Å². The van der Waals surface area contributed by atoms with E-state index in [1.807, 2.05) is 38.8 Å². The van der Waals surface area contributed by atoms with Crippen molar-refractivity contribution in [1.29, 1.82) is 0 Å². The minimum Gasteiger partial charge on any atom is -0.482 e. The Bertz CT molecular complexity index is 1240. The molecule has 0 aromatic carbocycles. The van der Waals surface area contributed by atoms with Crippen molar-refractivity contribution in [2.75, 3.05) is 62.7 Å². The summed E-state index contributed by atoms with van der Waals surface area (Å²) >= 11 is 0. The fourth-order valence-electron chi connectivity index (χ4n) is 6.26. The lowest BCUT2D eigenvalue weighted by Gasteiger charge is -2.47. The largest absolute Gasteiger partial charge is 0.482 e. The smallest absolute Gasteiger partial charge is 0.410 e. The molecule has 0 spiro atoms. The maximum absolute atomic E-state index is 12.3. The van der Waals surface area contributed by atoms with Crippen molar-refractivity contribution in [3.63, 3.8) is 0 Å². The number of aryl methyl sites for hydroxylation is 1. The van der Waals surface area contributed by atoms with Crippen LogP contribution in [0.2, 0.25) is 0 Å². The highest BCUT2D eigenvalue weighted by atomic mass is 16.6. The first-order valence-electron chi connectivity index (χ1n) is 14.6. The van der Waals surface area contributed by atoms with E-state index in [4.69, 9.17) is 24.2 Å². The van der Waals surface area contributed by atoms with E-state index in [9.17, 15) is 4.79 Å². The zero-order valence-corrected chi connectivity index (χ0v) is 24.4. The van der Waals surface area contributed by atoms with Crippen LogP contribution in [0.15, 0.2) is 18.3 Å². The lowest BCUT2D eigenvalue weighted by Crippen LogP contribution is -2.62. The van der Waals surface area contributed by atoms with Crippen LogP contribution in [0.5, 0.6) is 5.75 Å². The van der Waals surface area contributed by atoms with E-state index in [1.165, 1.54) is 0 Å². The van der Waals surface area contributed by atoms with Crippen LogP contribution in [0.3, 0.4) is 0 Å². The van der Waals surface area contributed by atoms with Gasteiger partial charge in [-0.25, -0.2) is 9.78 Å². The van der Waals surface area contributed by atoms with Crippen molar-refractivity contribution in [1.82, 2.24) is 19.8 Å². The molecule has 2 aromatic heterocycles. The molecule has 0 radical (unpaired) electrons. The molecule has 10 heteroatoms. The summed E-state index contributed by atoms with van der Waals surface area (Å²) < 4.78 is 17.6. The molecule has 0 saturated carbocycles. The maximum atomic E-state index is 12.3. The second kappa shape index (κ2) is 10.7. The molecule has 1 N–H and O–H groups in total. The summed E-state index contributed by atoms with van der Waals surface area (Å²) in [4.78, 5) is 28.8. The third-order valence-corrected chi connectivity index (χ3v) is 8.41. The molecule has 0 aliphatic carbocycles. The first-order valence-corrected chi connectivity index (χ1v) is 14.6. The number of fused-ring (bicyclic) bond motifs is 2. The monoisotopic (exact) mass is 550 g/mol. The summed E-state index contributed by atoms with van der Waals surface area (Å²) in [5, 5.41) is 3.62. The van der Waals surface area contributed by atoms with Crippen molar-refractivity contribution in [3.8, 4) is 5.75 Å². The molecule has 2 aromatic rings. The van der Waals surface area contributed by atoms with Crippen molar-refractivity contribution >= 4 is 23.3 Å². The summed E-state index contributed by atoms with van der Waals surface area (Å²) in [6.45, 7) is 16.5. The summed E-state index contributed by atoms with van der Waals surface area (Å²) in [7, 11) is 0. The van der Waals surface area contributed by atoms with Gasteiger partial charge in [0, 0.05) is 55.7 Å². The number of ether oxygens (including phenoxy) is 3. The number of piperidine rings is 1. The van der Waals surface area contributed by atoms with Crippen molar-refractivity contribution in [2.24, 2.45) is 0 Å². The van der Waals surface area contributed by atoms with Gasteiger partial charge in [0.2, 0.25) is 0 Å². The lowest BCUT2D eigenvalue weighted by atomic mass is 9.91. The number of hydrogen-bond donors (Lipinski definition) is 1. The van der Waals surface area contributed by atoms with Crippen LogP contribution in [-0.4, -0.2) is 90.0 Å². The Hall–Kier alpha value is -3.11. The zero-order valence-electron chi connectivity index (χ0n) is 24.4. The minimum atomic E-state index is -0.458. The molecule has 0 unspecified atom stereocenters. The van der Waals surface area contributed by atoms with E-state index in [0.29, 0.717) is 12.0 Å². The van der Waals surface area contributed by atoms with Gasteiger partial charge in [-0.1, -0.05) is 0 Å².